The fourth-order valence-corrected chi connectivity index (χ4v) is 4.01. The van der Waals surface area contributed by atoms with Crippen molar-refractivity contribution in [3.8, 4) is 5.75 Å². The summed E-state index contributed by atoms with van der Waals surface area (Å²) in [6.07, 6.45) is 1.64. The Morgan fingerprint density at radius 1 is 1.30 bits per heavy atom. The predicted molar refractivity (Wildman–Crippen MR) is 120 cm³/mol. The van der Waals surface area contributed by atoms with Gasteiger partial charge in [-0.05, 0) is 18.2 Å². The van der Waals surface area contributed by atoms with Crippen molar-refractivity contribution in [3.05, 3.63) is 71.5 Å². The second-order valence-corrected chi connectivity index (χ2v) is 7.50. The zero-order valence-corrected chi connectivity index (χ0v) is 17.2. The smallest absolute Gasteiger partial charge is 0.278 e. The molecular formula is C22H20N4O3S. The second-order valence-electron chi connectivity index (χ2n) is 6.56. The van der Waals surface area contributed by atoms with Gasteiger partial charge in [-0.1, -0.05) is 42.1 Å². The first-order valence-corrected chi connectivity index (χ1v) is 10.3. The van der Waals surface area contributed by atoms with E-state index in [4.69, 9.17) is 9.72 Å². The first-order valence-electron chi connectivity index (χ1n) is 9.29. The molecule has 0 radical (unpaired) electrons. The number of carbonyl (C=O) groups is 1. The van der Waals surface area contributed by atoms with Crippen LogP contribution in [-0.4, -0.2) is 33.3 Å². The lowest BCUT2D eigenvalue weighted by atomic mass is 10.2. The van der Waals surface area contributed by atoms with Gasteiger partial charge in [-0.3, -0.25) is 14.2 Å². The van der Waals surface area contributed by atoms with Crippen LogP contribution in [-0.2, 0) is 11.3 Å². The number of carbonyl (C=O) groups excluding carboxylic acids is 1. The monoisotopic (exact) mass is 420 g/mol. The molecule has 0 fully saturated rings. The minimum Gasteiger partial charge on any atom is -0.497 e. The Morgan fingerprint density at radius 3 is 2.93 bits per heavy atom. The van der Waals surface area contributed by atoms with Crippen LogP contribution in [0.15, 0.2) is 71.1 Å². The number of nitrogens with zero attached hydrogens (tertiary/aromatic N) is 2. The SMILES string of the molecule is C=CCn1c(SCC(=O)Nc2cccc(OC)c2)nc2c([nH]c3ccccc32)c1=O. The van der Waals surface area contributed by atoms with Crippen molar-refractivity contribution in [2.24, 2.45) is 0 Å². The van der Waals surface area contributed by atoms with Crippen LogP contribution in [0, 0.1) is 0 Å². The van der Waals surface area contributed by atoms with Gasteiger partial charge in [-0.2, -0.15) is 0 Å². The van der Waals surface area contributed by atoms with Gasteiger partial charge >= 0.3 is 0 Å². The molecule has 4 rings (SSSR count). The molecular weight excluding hydrogens is 400 g/mol. The summed E-state index contributed by atoms with van der Waals surface area (Å²) in [4.78, 5) is 33.3. The molecule has 4 aromatic rings. The van der Waals surface area contributed by atoms with Crippen molar-refractivity contribution < 1.29 is 9.53 Å². The van der Waals surface area contributed by atoms with E-state index in [0.717, 1.165) is 10.9 Å². The Labute approximate surface area is 176 Å². The molecule has 0 unspecified atom stereocenters. The van der Waals surface area contributed by atoms with Crippen LogP contribution in [0.2, 0.25) is 0 Å². The fourth-order valence-electron chi connectivity index (χ4n) is 3.20. The number of nitrogens with one attached hydrogen (secondary N) is 2. The lowest BCUT2D eigenvalue weighted by molar-refractivity contribution is -0.113. The maximum atomic E-state index is 13.0. The molecule has 30 heavy (non-hydrogen) atoms. The number of aromatic amines is 1. The lowest BCUT2D eigenvalue weighted by Crippen LogP contribution is -2.23. The summed E-state index contributed by atoms with van der Waals surface area (Å²) in [5.41, 5.74) is 2.35. The Hall–Kier alpha value is -3.52. The quantitative estimate of drug-likeness (QED) is 0.270. The molecule has 0 bridgehead atoms. The largest absolute Gasteiger partial charge is 0.497 e. The summed E-state index contributed by atoms with van der Waals surface area (Å²) in [6, 6.07) is 14.8. The van der Waals surface area contributed by atoms with Crippen LogP contribution in [0.25, 0.3) is 21.9 Å². The number of aromatic nitrogens is 3. The minimum atomic E-state index is -0.202. The second kappa shape index (κ2) is 8.46. The van der Waals surface area contributed by atoms with E-state index in [1.807, 2.05) is 24.3 Å². The van der Waals surface area contributed by atoms with Crippen LogP contribution in [0.3, 0.4) is 0 Å². The highest BCUT2D eigenvalue weighted by Gasteiger charge is 2.16. The van der Waals surface area contributed by atoms with Crippen molar-refractivity contribution in [3.63, 3.8) is 0 Å². The van der Waals surface area contributed by atoms with E-state index in [9.17, 15) is 9.59 Å². The predicted octanol–water partition coefficient (Wildman–Crippen LogP) is 3.80. The number of allylic oxidation sites excluding steroid dienone is 1. The third kappa shape index (κ3) is 3.81. The highest BCUT2D eigenvalue weighted by molar-refractivity contribution is 7.99. The molecule has 2 N–H and O–H groups in total. The number of benzene rings is 2. The van der Waals surface area contributed by atoms with E-state index in [2.05, 4.69) is 16.9 Å². The molecule has 0 aliphatic heterocycles. The van der Waals surface area contributed by atoms with E-state index in [-0.39, 0.29) is 17.2 Å². The van der Waals surface area contributed by atoms with Crippen LogP contribution in [0.1, 0.15) is 0 Å². The minimum absolute atomic E-state index is 0.106. The highest BCUT2D eigenvalue weighted by atomic mass is 32.2. The van der Waals surface area contributed by atoms with E-state index in [1.165, 1.54) is 16.3 Å². The molecule has 0 saturated heterocycles. The number of hydrogen-bond acceptors (Lipinski definition) is 5. The molecule has 7 nitrogen and oxygen atoms in total. The number of H-pyrrole nitrogens is 1. The van der Waals surface area contributed by atoms with Crippen LogP contribution < -0.4 is 15.6 Å². The van der Waals surface area contributed by atoms with Crippen LogP contribution >= 0.6 is 11.8 Å². The maximum absolute atomic E-state index is 13.0. The normalized spacial score (nSPS) is 11.0. The Bertz CT molecular complexity index is 1310. The number of hydrogen-bond donors (Lipinski definition) is 2. The summed E-state index contributed by atoms with van der Waals surface area (Å²) < 4.78 is 6.69. The molecule has 2 aromatic carbocycles. The highest BCUT2D eigenvalue weighted by Crippen LogP contribution is 2.25. The number of amides is 1. The Balaban J connectivity index is 1.63. The first kappa shape index (κ1) is 19.8. The molecule has 152 valence electrons. The van der Waals surface area contributed by atoms with Gasteiger partial charge in [0.15, 0.2) is 5.16 Å². The topological polar surface area (TPSA) is 89.0 Å². The zero-order valence-electron chi connectivity index (χ0n) is 16.3. The number of fused-ring (bicyclic) bond motifs is 3. The van der Waals surface area contributed by atoms with Crippen molar-refractivity contribution in [1.29, 1.82) is 0 Å². The summed E-state index contributed by atoms with van der Waals surface area (Å²) >= 11 is 1.21. The Morgan fingerprint density at radius 2 is 2.13 bits per heavy atom. The Kier molecular flexibility index (Phi) is 5.58. The summed E-state index contributed by atoms with van der Waals surface area (Å²) in [6.45, 7) is 4.03. The third-order valence-corrected chi connectivity index (χ3v) is 5.55. The van der Waals surface area contributed by atoms with E-state index in [1.54, 1.807) is 37.5 Å². The summed E-state index contributed by atoms with van der Waals surface area (Å²) in [5, 5.41) is 4.18. The zero-order chi connectivity index (χ0) is 21.1. The molecule has 2 heterocycles. The average Bonchev–Trinajstić information content (AvgIpc) is 3.13. The van der Waals surface area contributed by atoms with Gasteiger partial charge in [0, 0.05) is 29.2 Å². The number of ether oxygens (including phenoxy) is 1. The molecule has 0 saturated carbocycles. The van der Waals surface area contributed by atoms with Crippen molar-refractivity contribution in [2.45, 2.75) is 11.7 Å². The number of anilines is 1. The van der Waals surface area contributed by atoms with Gasteiger partial charge in [-0.15, -0.1) is 6.58 Å². The third-order valence-electron chi connectivity index (χ3n) is 4.57. The average molecular weight is 420 g/mol. The molecule has 0 aliphatic carbocycles. The number of methoxy groups -OCH3 is 1. The summed E-state index contributed by atoms with van der Waals surface area (Å²) in [7, 11) is 1.57. The van der Waals surface area contributed by atoms with Crippen LogP contribution in [0.5, 0.6) is 5.75 Å². The lowest BCUT2D eigenvalue weighted by Gasteiger charge is -2.10. The van der Waals surface area contributed by atoms with E-state index >= 15 is 0 Å². The van der Waals surface area contributed by atoms with Crippen LogP contribution in [0.4, 0.5) is 5.69 Å². The van der Waals surface area contributed by atoms with Crippen molar-refractivity contribution in [2.75, 3.05) is 18.2 Å². The molecule has 1 amide bonds. The first-order chi connectivity index (χ1) is 14.6. The number of thioether (sulfide) groups is 1. The van der Waals surface area contributed by atoms with Gasteiger partial charge in [0.25, 0.3) is 5.56 Å². The van der Waals surface area contributed by atoms with Gasteiger partial charge in [0.05, 0.1) is 12.9 Å². The molecule has 0 atom stereocenters. The fraction of sp³-hybridized carbons (Fsp3) is 0.136. The molecule has 0 spiro atoms. The summed E-state index contributed by atoms with van der Waals surface area (Å²) in [5.74, 6) is 0.563. The van der Waals surface area contributed by atoms with Gasteiger partial charge < -0.3 is 15.0 Å². The standard InChI is InChI=1S/C22H20N4O3S/c1-3-11-26-21(28)20-19(16-9-4-5-10-17(16)24-20)25-22(26)30-13-18(27)23-14-7-6-8-15(12-14)29-2/h3-10,12,24H,1,11,13H2,2H3,(H,23,27). The molecule has 0 aliphatic rings. The van der Waals surface area contributed by atoms with E-state index in [0.29, 0.717) is 34.2 Å². The van der Waals surface area contributed by atoms with E-state index < -0.39 is 0 Å². The maximum Gasteiger partial charge on any atom is 0.278 e. The van der Waals surface area contributed by atoms with Gasteiger partial charge in [0.2, 0.25) is 5.91 Å². The van der Waals surface area contributed by atoms with Crippen molar-refractivity contribution in [1.82, 2.24) is 14.5 Å². The molecule has 2 aromatic heterocycles. The van der Waals surface area contributed by atoms with Crippen molar-refractivity contribution >= 4 is 45.3 Å². The molecule has 8 heteroatoms. The van der Waals surface area contributed by atoms with Gasteiger partial charge in [0.1, 0.15) is 16.8 Å². The number of para-hydroxylation sites is 1. The number of rotatable bonds is 7. The van der Waals surface area contributed by atoms with Gasteiger partial charge in [-0.25, -0.2) is 4.98 Å².